The highest BCUT2D eigenvalue weighted by atomic mass is 16.1. The van der Waals surface area contributed by atoms with E-state index in [9.17, 15) is 4.79 Å². The highest BCUT2D eigenvalue weighted by molar-refractivity contribution is 5.75. The predicted octanol–water partition coefficient (Wildman–Crippen LogP) is 0.606. The predicted molar refractivity (Wildman–Crippen MR) is 47.0 cm³/mol. The number of hydrogen-bond acceptors (Lipinski definition) is 4. The Kier molecular flexibility index (Phi) is 2.98. The molecule has 0 amide bonds. The Balaban J connectivity index is 2.89. The quantitative estimate of drug-likeness (QED) is 0.695. The summed E-state index contributed by atoms with van der Waals surface area (Å²) in [5.41, 5.74) is 0.324. The van der Waals surface area contributed by atoms with Crippen molar-refractivity contribution in [3.63, 3.8) is 0 Å². The Labute approximate surface area is 81.2 Å². The molecule has 5 nitrogen and oxygen atoms in total. The van der Waals surface area contributed by atoms with Crippen molar-refractivity contribution in [2.45, 2.75) is 19.9 Å². The van der Waals surface area contributed by atoms with Gasteiger partial charge in [0.25, 0.3) is 0 Å². The molecular formula is C9H8N4O. The second-order valence-electron chi connectivity index (χ2n) is 2.81. The fourth-order valence-corrected chi connectivity index (χ4v) is 1.03. The minimum Gasteiger partial charge on any atom is -0.321 e. The molecule has 0 unspecified atom stereocenters. The van der Waals surface area contributed by atoms with Crippen LogP contribution in [-0.2, 0) is 11.3 Å². The maximum Gasteiger partial charge on any atom is 0.176 e. The lowest BCUT2D eigenvalue weighted by atomic mass is 10.3. The second kappa shape index (κ2) is 4.20. The van der Waals surface area contributed by atoms with Crippen LogP contribution in [0.2, 0.25) is 0 Å². The van der Waals surface area contributed by atoms with Crippen LogP contribution in [0.5, 0.6) is 0 Å². The summed E-state index contributed by atoms with van der Waals surface area (Å²) in [6.45, 7) is 1.88. The van der Waals surface area contributed by atoms with Crippen molar-refractivity contribution in [2.24, 2.45) is 0 Å². The number of rotatable bonds is 3. The van der Waals surface area contributed by atoms with Gasteiger partial charge in [-0.1, -0.05) is 0 Å². The topological polar surface area (TPSA) is 82.5 Å². The van der Waals surface area contributed by atoms with E-state index in [1.165, 1.54) is 17.8 Å². The van der Waals surface area contributed by atoms with Gasteiger partial charge in [-0.05, 0) is 6.92 Å². The summed E-state index contributed by atoms with van der Waals surface area (Å²) in [7, 11) is 0. The Morgan fingerprint density at radius 1 is 1.57 bits per heavy atom. The van der Waals surface area contributed by atoms with Gasteiger partial charge in [0.1, 0.15) is 17.9 Å². The summed E-state index contributed by atoms with van der Waals surface area (Å²) in [6.07, 6.45) is 1.75. The number of hydrogen-bond donors (Lipinski definition) is 0. The van der Waals surface area contributed by atoms with E-state index in [0.717, 1.165) is 0 Å². The first kappa shape index (κ1) is 9.94. The van der Waals surface area contributed by atoms with E-state index in [1.807, 2.05) is 12.1 Å². The van der Waals surface area contributed by atoms with E-state index in [1.54, 1.807) is 0 Å². The van der Waals surface area contributed by atoms with E-state index in [4.69, 9.17) is 10.5 Å². The molecule has 0 aliphatic rings. The molecule has 0 fully saturated rings. The smallest absolute Gasteiger partial charge is 0.176 e. The van der Waals surface area contributed by atoms with Crippen LogP contribution in [0.15, 0.2) is 6.33 Å². The fourth-order valence-electron chi connectivity index (χ4n) is 1.03. The van der Waals surface area contributed by atoms with Gasteiger partial charge in [0.2, 0.25) is 0 Å². The molecule has 0 aliphatic heterocycles. The van der Waals surface area contributed by atoms with Crippen LogP contribution in [0.4, 0.5) is 0 Å². The van der Waals surface area contributed by atoms with Gasteiger partial charge < -0.3 is 4.57 Å². The molecule has 0 aromatic carbocycles. The molecule has 70 valence electrons. The van der Waals surface area contributed by atoms with E-state index in [0.29, 0.717) is 13.0 Å². The molecule has 0 N–H and O–H groups in total. The van der Waals surface area contributed by atoms with E-state index in [2.05, 4.69) is 4.98 Å². The zero-order valence-corrected chi connectivity index (χ0v) is 7.69. The zero-order chi connectivity index (χ0) is 10.6. The van der Waals surface area contributed by atoms with Crippen LogP contribution in [0.1, 0.15) is 24.7 Å². The molecule has 0 atom stereocenters. The summed E-state index contributed by atoms with van der Waals surface area (Å²) < 4.78 is 1.51. The first-order chi connectivity index (χ1) is 6.69. The van der Waals surface area contributed by atoms with E-state index in [-0.39, 0.29) is 17.2 Å². The number of Topliss-reactive ketones (excluding diaryl/α,β-unsaturated/α-hetero) is 1. The molecule has 0 aliphatic carbocycles. The summed E-state index contributed by atoms with van der Waals surface area (Å²) in [5, 5.41) is 17.3. The van der Waals surface area contributed by atoms with Crippen LogP contribution in [-0.4, -0.2) is 15.3 Å². The number of ketones is 1. The molecule has 0 bridgehead atoms. The standard InChI is InChI=1S/C9H8N4O/c1-7(14)2-3-13-6-12-8(4-10)9(13)5-11/h6H,2-3H2,1H3. The monoisotopic (exact) mass is 188 g/mol. The number of aromatic nitrogens is 2. The average molecular weight is 188 g/mol. The molecule has 1 heterocycles. The van der Waals surface area contributed by atoms with Crippen LogP contribution in [0, 0.1) is 22.7 Å². The lowest BCUT2D eigenvalue weighted by Gasteiger charge is -1.99. The molecule has 0 saturated carbocycles. The van der Waals surface area contributed by atoms with Gasteiger partial charge in [0.15, 0.2) is 11.4 Å². The normalized spacial score (nSPS) is 9.07. The molecule has 5 heteroatoms. The second-order valence-corrected chi connectivity index (χ2v) is 2.81. The van der Waals surface area contributed by atoms with Crippen molar-refractivity contribution >= 4 is 5.78 Å². The molecule has 14 heavy (non-hydrogen) atoms. The maximum absolute atomic E-state index is 10.7. The van der Waals surface area contributed by atoms with Crippen LogP contribution in [0.25, 0.3) is 0 Å². The van der Waals surface area contributed by atoms with Gasteiger partial charge in [0, 0.05) is 13.0 Å². The number of nitrogens with zero attached hydrogens (tertiary/aromatic N) is 4. The Morgan fingerprint density at radius 2 is 2.29 bits per heavy atom. The SMILES string of the molecule is CC(=O)CCn1cnc(C#N)c1C#N. The van der Waals surface area contributed by atoms with Gasteiger partial charge in [-0.25, -0.2) is 4.98 Å². The molecule has 1 aromatic rings. The Morgan fingerprint density at radius 3 is 2.79 bits per heavy atom. The zero-order valence-electron chi connectivity index (χ0n) is 7.69. The van der Waals surface area contributed by atoms with Crippen molar-refractivity contribution in [1.82, 2.24) is 9.55 Å². The summed E-state index contributed by atoms with van der Waals surface area (Å²) >= 11 is 0. The van der Waals surface area contributed by atoms with Crippen LogP contribution < -0.4 is 0 Å². The molecule has 0 saturated heterocycles. The van der Waals surface area contributed by atoms with Crippen LogP contribution in [0.3, 0.4) is 0 Å². The third kappa shape index (κ3) is 1.96. The van der Waals surface area contributed by atoms with Gasteiger partial charge in [-0.2, -0.15) is 10.5 Å². The molecule has 1 rings (SSSR count). The Bertz CT molecular complexity index is 433. The molecular weight excluding hydrogens is 180 g/mol. The minimum atomic E-state index is 0.0427. The van der Waals surface area contributed by atoms with Gasteiger partial charge in [0.05, 0.1) is 6.33 Å². The lowest BCUT2D eigenvalue weighted by Crippen LogP contribution is -2.03. The van der Waals surface area contributed by atoms with E-state index < -0.39 is 0 Å². The third-order valence-corrected chi connectivity index (χ3v) is 1.75. The molecule has 1 aromatic heterocycles. The molecule has 0 spiro atoms. The summed E-state index contributed by atoms with van der Waals surface area (Å²) in [6, 6.07) is 3.70. The fraction of sp³-hybridized carbons (Fsp3) is 0.333. The lowest BCUT2D eigenvalue weighted by molar-refractivity contribution is -0.117. The van der Waals surface area contributed by atoms with E-state index >= 15 is 0 Å². The van der Waals surface area contributed by atoms with Gasteiger partial charge >= 0.3 is 0 Å². The largest absolute Gasteiger partial charge is 0.321 e. The minimum absolute atomic E-state index is 0.0427. The first-order valence-electron chi connectivity index (χ1n) is 4.03. The van der Waals surface area contributed by atoms with Crippen LogP contribution >= 0.6 is 0 Å². The van der Waals surface area contributed by atoms with Crippen molar-refractivity contribution < 1.29 is 4.79 Å². The molecule has 0 radical (unpaired) electrons. The first-order valence-corrected chi connectivity index (χ1v) is 4.03. The number of carbonyl (C=O) groups excluding carboxylic acids is 1. The van der Waals surface area contributed by atoms with Crippen molar-refractivity contribution in [3.05, 3.63) is 17.7 Å². The summed E-state index contributed by atoms with van der Waals surface area (Å²) in [4.78, 5) is 14.5. The number of imidazole rings is 1. The highest BCUT2D eigenvalue weighted by Gasteiger charge is 2.09. The van der Waals surface area contributed by atoms with Crippen molar-refractivity contribution in [1.29, 1.82) is 10.5 Å². The Hall–Kier alpha value is -2.14. The average Bonchev–Trinajstić information content (AvgIpc) is 2.56. The number of nitriles is 2. The highest BCUT2D eigenvalue weighted by Crippen LogP contribution is 2.05. The third-order valence-electron chi connectivity index (χ3n) is 1.75. The number of aryl methyl sites for hydroxylation is 1. The van der Waals surface area contributed by atoms with Gasteiger partial charge in [-0.3, -0.25) is 4.79 Å². The maximum atomic E-state index is 10.7. The van der Waals surface area contributed by atoms with Gasteiger partial charge in [-0.15, -0.1) is 0 Å². The van der Waals surface area contributed by atoms with Crippen molar-refractivity contribution in [3.8, 4) is 12.1 Å². The number of carbonyl (C=O) groups is 1. The van der Waals surface area contributed by atoms with Crippen molar-refractivity contribution in [2.75, 3.05) is 0 Å². The summed E-state index contributed by atoms with van der Waals surface area (Å²) in [5.74, 6) is 0.0427.